The molecule has 4 heteroatoms. The highest BCUT2D eigenvalue weighted by Crippen LogP contribution is 2.26. The molecule has 0 amide bonds. The van der Waals surface area contributed by atoms with Gasteiger partial charge in [0.15, 0.2) is 17.3 Å². The van der Waals surface area contributed by atoms with Crippen molar-refractivity contribution in [2.75, 3.05) is 13.4 Å². The highest BCUT2D eigenvalue weighted by molar-refractivity contribution is 7.98. The molecule has 3 nitrogen and oxygen atoms in total. The van der Waals surface area contributed by atoms with Gasteiger partial charge in [-0.3, -0.25) is 4.79 Å². The number of thioether (sulfide) groups is 1. The SMILES string of the molecule is COc1cc(C(=O)C=Cc2ccc(SC)cc2)ccc1O. The summed E-state index contributed by atoms with van der Waals surface area (Å²) in [7, 11) is 1.45. The summed E-state index contributed by atoms with van der Waals surface area (Å²) in [6, 6.07) is 12.5. The zero-order valence-electron chi connectivity index (χ0n) is 11.9. The lowest BCUT2D eigenvalue weighted by Crippen LogP contribution is -1.95. The van der Waals surface area contributed by atoms with Gasteiger partial charge in [-0.15, -0.1) is 11.8 Å². The van der Waals surface area contributed by atoms with E-state index < -0.39 is 0 Å². The number of ketones is 1. The lowest BCUT2D eigenvalue weighted by molar-refractivity contribution is 0.104. The predicted molar refractivity (Wildman–Crippen MR) is 86.2 cm³/mol. The highest BCUT2D eigenvalue weighted by Gasteiger charge is 2.07. The first-order valence-corrected chi connectivity index (χ1v) is 7.60. The molecule has 0 aromatic heterocycles. The van der Waals surface area contributed by atoms with Gasteiger partial charge in [0.05, 0.1) is 7.11 Å². The fourth-order valence-electron chi connectivity index (χ4n) is 1.81. The summed E-state index contributed by atoms with van der Waals surface area (Å²) in [5.74, 6) is 0.173. The number of carbonyl (C=O) groups excluding carboxylic acids is 1. The number of methoxy groups -OCH3 is 1. The first-order valence-electron chi connectivity index (χ1n) is 6.37. The van der Waals surface area contributed by atoms with E-state index in [-0.39, 0.29) is 11.5 Å². The van der Waals surface area contributed by atoms with E-state index in [1.54, 1.807) is 23.9 Å². The molecule has 108 valence electrons. The van der Waals surface area contributed by atoms with Gasteiger partial charge < -0.3 is 9.84 Å². The Morgan fingerprint density at radius 3 is 2.52 bits per heavy atom. The van der Waals surface area contributed by atoms with Crippen LogP contribution in [-0.2, 0) is 0 Å². The smallest absolute Gasteiger partial charge is 0.185 e. The molecule has 0 saturated carbocycles. The summed E-state index contributed by atoms with van der Waals surface area (Å²) in [6.07, 6.45) is 5.30. The second kappa shape index (κ2) is 6.99. The third-order valence-electron chi connectivity index (χ3n) is 3.01. The fourth-order valence-corrected chi connectivity index (χ4v) is 2.22. The lowest BCUT2D eigenvalue weighted by atomic mass is 10.1. The Kier molecular flexibility index (Phi) is 5.06. The molecule has 0 aliphatic rings. The van der Waals surface area contributed by atoms with Gasteiger partial charge in [-0.25, -0.2) is 0 Å². The molecule has 0 unspecified atom stereocenters. The normalized spacial score (nSPS) is 10.8. The molecule has 2 rings (SSSR count). The first-order chi connectivity index (χ1) is 10.1. The van der Waals surface area contributed by atoms with Crippen LogP contribution in [0.25, 0.3) is 6.08 Å². The van der Waals surface area contributed by atoms with Crippen LogP contribution in [0.5, 0.6) is 11.5 Å². The van der Waals surface area contributed by atoms with Crippen molar-refractivity contribution in [3.05, 3.63) is 59.7 Å². The summed E-state index contributed by atoms with van der Waals surface area (Å²) in [6.45, 7) is 0. The van der Waals surface area contributed by atoms with Gasteiger partial charge in [0, 0.05) is 10.5 Å². The Balaban J connectivity index is 2.14. The molecule has 0 saturated heterocycles. The van der Waals surface area contributed by atoms with E-state index >= 15 is 0 Å². The molecule has 0 bridgehead atoms. The second-order valence-electron chi connectivity index (χ2n) is 4.36. The highest BCUT2D eigenvalue weighted by atomic mass is 32.2. The van der Waals surface area contributed by atoms with Gasteiger partial charge in [0.1, 0.15) is 0 Å². The second-order valence-corrected chi connectivity index (χ2v) is 5.24. The maximum atomic E-state index is 12.1. The number of phenolic OH excluding ortho intramolecular Hbond substituents is 1. The van der Waals surface area contributed by atoms with Gasteiger partial charge in [0.2, 0.25) is 0 Å². The Hall–Kier alpha value is -2.20. The number of allylic oxidation sites excluding steroid dienone is 1. The topological polar surface area (TPSA) is 46.5 Å². The van der Waals surface area contributed by atoms with Crippen LogP contribution in [-0.4, -0.2) is 24.3 Å². The Morgan fingerprint density at radius 2 is 1.90 bits per heavy atom. The van der Waals surface area contributed by atoms with Crippen molar-refractivity contribution < 1.29 is 14.6 Å². The van der Waals surface area contributed by atoms with E-state index in [1.807, 2.05) is 30.5 Å². The maximum Gasteiger partial charge on any atom is 0.185 e. The molecule has 0 aliphatic heterocycles. The monoisotopic (exact) mass is 300 g/mol. The average molecular weight is 300 g/mol. The van der Waals surface area contributed by atoms with Crippen molar-refractivity contribution in [1.82, 2.24) is 0 Å². The van der Waals surface area contributed by atoms with Crippen LogP contribution in [0.1, 0.15) is 15.9 Å². The summed E-state index contributed by atoms with van der Waals surface area (Å²) in [4.78, 5) is 13.3. The summed E-state index contributed by atoms with van der Waals surface area (Å²) in [5.41, 5.74) is 1.44. The minimum absolute atomic E-state index is 0.0192. The molecular weight excluding hydrogens is 284 g/mol. The number of rotatable bonds is 5. The quantitative estimate of drug-likeness (QED) is 0.515. The molecule has 0 fully saturated rings. The largest absolute Gasteiger partial charge is 0.504 e. The van der Waals surface area contributed by atoms with E-state index in [9.17, 15) is 9.90 Å². The molecule has 0 radical (unpaired) electrons. The maximum absolute atomic E-state index is 12.1. The first kappa shape index (κ1) is 15.2. The number of carbonyl (C=O) groups is 1. The number of hydrogen-bond acceptors (Lipinski definition) is 4. The van der Waals surface area contributed by atoms with Gasteiger partial charge in [0.25, 0.3) is 0 Å². The Morgan fingerprint density at radius 1 is 1.19 bits per heavy atom. The van der Waals surface area contributed by atoms with Crippen LogP contribution in [0.2, 0.25) is 0 Å². The van der Waals surface area contributed by atoms with Crippen molar-refractivity contribution in [2.24, 2.45) is 0 Å². The number of aromatic hydroxyl groups is 1. The lowest BCUT2D eigenvalue weighted by Gasteiger charge is -2.04. The van der Waals surface area contributed by atoms with Crippen LogP contribution < -0.4 is 4.74 Å². The van der Waals surface area contributed by atoms with E-state index in [2.05, 4.69) is 0 Å². The molecule has 2 aromatic rings. The van der Waals surface area contributed by atoms with Crippen LogP contribution >= 0.6 is 11.8 Å². The zero-order valence-corrected chi connectivity index (χ0v) is 12.7. The van der Waals surface area contributed by atoms with E-state index in [4.69, 9.17) is 4.74 Å². The number of phenols is 1. The molecule has 1 N–H and O–H groups in total. The van der Waals surface area contributed by atoms with Crippen molar-refractivity contribution in [1.29, 1.82) is 0 Å². The van der Waals surface area contributed by atoms with E-state index in [0.717, 1.165) is 5.56 Å². The minimum Gasteiger partial charge on any atom is -0.504 e. The van der Waals surface area contributed by atoms with Crippen molar-refractivity contribution in [3.8, 4) is 11.5 Å². The Labute approximate surface area is 128 Å². The summed E-state index contributed by atoms with van der Waals surface area (Å²) < 4.78 is 5.00. The van der Waals surface area contributed by atoms with Crippen LogP contribution in [0.4, 0.5) is 0 Å². The number of benzene rings is 2. The van der Waals surface area contributed by atoms with E-state index in [0.29, 0.717) is 11.3 Å². The van der Waals surface area contributed by atoms with Gasteiger partial charge in [-0.2, -0.15) is 0 Å². The number of ether oxygens (including phenoxy) is 1. The van der Waals surface area contributed by atoms with Gasteiger partial charge >= 0.3 is 0 Å². The van der Waals surface area contributed by atoms with Gasteiger partial charge in [-0.1, -0.05) is 18.2 Å². The predicted octanol–water partition coefficient (Wildman–Crippen LogP) is 4.02. The van der Waals surface area contributed by atoms with Gasteiger partial charge in [-0.05, 0) is 48.2 Å². The van der Waals surface area contributed by atoms with Crippen LogP contribution in [0.15, 0.2) is 53.4 Å². The molecule has 0 aliphatic carbocycles. The molecular formula is C17H16O3S. The van der Waals surface area contributed by atoms with Crippen LogP contribution in [0.3, 0.4) is 0 Å². The molecule has 21 heavy (non-hydrogen) atoms. The number of hydrogen-bond donors (Lipinski definition) is 1. The zero-order chi connectivity index (χ0) is 15.2. The minimum atomic E-state index is -0.137. The van der Waals surface area contributed by atoms with Crippen LogP contribution in [0, 0.1) is 0 Å². The molecule has 2 aromatic carbocycles. The molecule has 0 heterocycles. The fraction of sp³-hybridized carbons (Fsp3) is 0.118. The van der Waals surface area contributed by atoms with Crippen molar-refractivity contribution in [3.63, 3.8) is 0 Å². The standard InChI is InChI=1S/C17H16O3S/c1-20-17-11-13(6-10-16(17)19)15(18)9-5-12-3-7-14(21-2)8-4-12/h3-11,19H,1-2H3. The Bertz CT molecular complexity index is 660. The summed E-state index contributed by atoms with van der Waals surface area (Å²) >= 11 is 1.68. The van der Waals surface area contributed by atoms with Crippen molar-refractivity contribution >= 4 is 23.6 Å². The average Bonchev–Trinajstić information content (AvgIpc) is 2.53. The third-order valence-corrected chi connectivity index (χ3v) is 3.75. The molecule has 0 spiro atoms. The third kappa shape index (κ3) is 3.89. The van der Waals surface area contributed by atoms with E-state index in [1.165, 1.54) is 30.2 Å². The summed E-state index contributed by atoms with van der Waals surface area (Å²) in [5, 5.41) is 9.52. The van der Waals surface area contributed by atoms with Crippen molar-refractivity contribution in [2.45, 2.75) is 4.90 Å². The molecule has 0 atom stereocenters.